The zero-order chi connectivity index (χ0) is 15.4. The quantitative estimate of drug-likeness (QED) is 0.897. The highest BCUT2D eigenvalue weighted by Gasteiger charge is 2.46. The van der Waals surface area contributed by atoms with Gasteiger partial charge in [-0.1, -0.05) is 0 Å². The molecule has 2 fully saturated rings. The Bertz CT molecular complexity index is 492. The second-order valence-electron chi connectivity index (χ2n) is 6.34. The van der Waals surface area contributed by atoms with Crippen LogP contribution in [0.5, 0.6) is 0 Å². The monoisotopic (exact) mass is 304 g/mol. The molecule has 1 N–H and O–H groups in total. The number of piperidine rings is 1. The maximum Gasteiger partial charge on any atom is 0.248 e. The average molecular weight is 304 g/mol. The lowest BCUT2D eigenvalue weighted by atomic mass is 9.60. The van der Waals surface area contributed by atoms with Crippen LogP contribution in [-0.4, -0.2) is 53.1 Å². The largest absolute Gasteiger partial charge is 0.372 e. The van der Waals surface area contributed by atoms with Crippen LogP contribution >= 0.6 is 0 Å². The molecule has 2 heterocycles. The Kier molecular flexibility index (Phi) is 4.57. The van der Waals surface area contributed by atoms with E-state index in [1.807, 2.05) is 17.9 Å². The van der Waals surface area contributed by atoms with Crippen LogP contribution < -0.4 is 5.32 Å². The molecule has 2 aliphatic rings. The van der Waals surface area contributed by atoms with Gasteiger partial charge in [0, 0.05) is 38.1 Å². The van der Waals surface area contributed by atoms with Crippen molar-refractivity contribution in [3.8, 4) is 0 Å². The molecule has 1 spiro atoms. The minimum absolute atomic E-state index is 0.128. The highest BCUT2D eigenvalue weighted by molar-refractivity contribution is 5.77. The van der Waals surface area contributed by atoms with E-state index in [0.29, 0.717) is 24.0 Å². The number of rotatable bonds is 5. The lowest BCUT2D eigenvalue weighted by Crippen LogP contribution is -2.53. The molecule has 1 aliphatic heterocycles. The van der Waals surface area contributed by atoms with Crippen LogP contribution in [0.4, 0.5) is 5.95 Å². The van der Waals surface area contributed by atoms with Gasteiger partial charge in [0.1, 0.15) is 6.61 Å². The van der Waals surface area contributed by atoms with Crippen LogP contribution in [0.1, 0.15) is 32.6 Å². The summed E-state index contributed by atoms with van der Waals surface area (Å²) < 4.78 is 5.21. The van der Waals surface area contributed by atoms with Gasteiger partial charge in [0.05, 0.1) is 0 Å². The third kappa shape index (κ3) is 3.38. The summed E-state index contributed by atoms with van der Waals surface area (Å²) in [5.41, 5.74) is 0.412. The van der Waals surface area contributed by atoms with Gasteiger partial charge in [-0.25, -0.2) is 9.97 Å². The maximum atomic E-state index is 12.0. The first-order valence-corrected chi connectivity index (χ1v) is 8.10. The maximum absolute atomic E-state index is 12.0. The summed E-state index contributed by atoms with van der Waals surface area (Å²) >= 11 is 0. The minimum Gasteiger partial charge on any atom is -0.372 e. The van der Waals surface area contributed by atoms with E-state index in [2.05, 4.69) is 15.3 Å². The first kappa shape index (κ1) is 15.2. The number of amides is 1. The fraction of sp³-hybridized carbons (Fsp3) is 0.688. The number of carbonyl (C=O) groups is 1. The first-order valence-electron chi connectivity index (χ1n) is 8.10. The van der Waals surface area contributed by atoms with Crippen LogP contribution in [0.15, 0.2) is 18.5 Å². The number of nitrogens with zero attached hydrogens (tertiary/aromatic N) is 3. The molecular weight excluding hydrogens is 280 g/mol. The van der Waals surface area contributed by atoms with Gasteiger partial charge in [0.15, 0.2) is 0 Å². The summed E-state index contributed by atoms with van der Waals surface area (Å²) in [6.07, 6.45) is 8.01. The van der Waals surface area contributed by atoms with E-state index in [1.165, 1.54) is 0 Å². The predicted octanol–water partition coefficient (Wildman–Crippen LogP) is 1.70. The molecule has 0 radical (unpaired) electrons. The molecule has 1 aromatic rings. The Morgan fingerprint density at radius 2 is 2.05 bits per heavy atom. The van der Waals surface area contributed by atoms with Crippen molar-refractivity contribution in [3.05, 3.63) is 18.5 Å². The molecule has 0 unspecified atom stereocenters. The molecule has 1 saturated carbocycles. The molecule has 3 rings (SSSR count). The van der Waals surface area contributed by atoms with Crippen molar-refractivity contribution >= 4 is 11.9 Å². The molecular formula is C16H24N4O2. The minimum atomic E-state index is 0.128. The number of carbonyl (C=O) groups excluding carboxylic acids is 1. The number of nitrogens with one attached hydrogen (secondary N) is 1. The first-order chi connectivity index (χ1) is 10.7. The lowest BCUT2D eigenvalue weighted by molar-refractivity contribution is -0.139. The van der Waals surface area contributed by atoms with E-state index in [0.717, 1.165) is 38.8 Å². The Labute approximate surface area is 131 Å². The number of aromatic nitrogens is 2. The van der Waals surface area contributed by atoms with Gasteiger partial charge < -0.3 is 15.0 Å². The average Bonchev–Trinajstić information content (AvgIpc) is 2.53. The normalized spacial score (nSPS) is 20.7. The summed E-state index contributed by atoms with van der Waals surface area (Å²) in [6, 6.07) is 2.29. The van der Waals surface area contributed by atoms with Gasteiger partial charge in [0.2, 0.25) is 11.9 Å². The second kappa shape index (κ2) is 6.60. The van der Waals surface area contributed by atoms with Crippen LogP contribution in [-0.2, 0) is 9.53 Å². The topological polar surface area (TPSA) is 67.3 Å². The molecule has 0 bridgehead atoms. The molecule has 6 nitrogen and oxygen atoms in total. The Morgan fingerprint density at radius 1 is 1.36 bits per heavy atom. The number of anilines is 1. The van der Waals surface area contributed by atoms with Crippen molar-refractivity contribution in [1.29, 1.82) is 0 Å². The van der Waals surface area contributed by atoms with Crippen molar-refractivity contribution in [2.45, 2.75) is 38.6 Å². The third-order valence-electron chi connectivity index (χ3n) is 4.86. The zero-order valence-corrected chi connectivity index (χ0v) is 13.1. The van der Waals surface area contributed by atoms with Crippen LogP contribution in [0.3, 0.4) is 0 Å². The van der Waals surface area contributed by atoms with Gasteiger partial charge in [-0.05, 0) is 44.1 Å². The Hall–Kier alpha value is -1.69. The van der Waals surface area contributed by atoms with Gasteiger partial charge >= 0.3 is 0 Å². The smallest absolute Gasteiger partial charge is 0.248 e. The summed E-state index contributed by atoms with van der Waals surface area (Å²) in [6.45, 7) is 4.45. The van der Waals surface area contributed by atoms with Gasteiger partial charge in [-0.2, -0.15) is 0 Å². The standard InChI is InChI=1S/C16H24N4O2/c1-2-22-12-14(21)20-8-4-16(5-9-20)10-13(11-16)19-15-17-6-3-7-18-15/h3,6-7,13H,2,4-5,8-12H2,1H3,(H,17,18,19). The van der Waals surface area contributed by atoms with Gasteiger partial charge in [-0.15, -0.1) is 0 Å². The predicted molar refractivity (Wildman–Crippen MR) is 83.4 cm³/mol. The second-order valence-corrected chi connectivity index (χ2v) is 6.34. The summed E-state index contributed by atoms with van der Waals surface area (Å²) in [7, 11) is 0. The molecule has 6 heteroatoms. The third-order valence-corrected chi connectivity index (χ3v) is 4.86. The van der Waals surface area contributed by atoms with Crippen molar-refractivity contribution in [1.82, 2.24) is 14.9 Å². The fourth-order valence-corrected chi connectivity index (χ4v) is 3.56. The fourth-order valence-electron chi connectivity index (χ4n) is 3.56. The number of hydrogen-bond donors (Lipinski definition) is 1. The van der Waals surface area contributed by atoms with E-state index in [9.17, 15) is 4.79 Å². The molecule has 1 aliphatic carbocycles. The molecule has 0 atom stereocenters. The molecule has 1 aromatic heterocycles. The zero-order valence-electron chi connectivity index (χ0n) is 13.1. The van der Waals surface area contributed by atoms with E-state index < -0.39 is 0 Å². The summed E-state index contributed by atoms with van der Waals surface area (Å²) in [5.74, 6) is 0.843. The van der Waals surface area contributed by atoms with E-state index in [-0.39, 0.29) is 12.5 Å². The summed E-state index contributed by atoms with van der Waals surface area (Å²) in [5, 5.41) is 3.39. The lowest BCUT2D eigenvalue weighted by Gasteiger charge is -2.52. The number of likely N-dealkylation sites (tertiary alicyclic amines) is 1. The van der Waals surface area contributed by atoms with Gasteiger partial charge in [0.25, 0.3) is 0 Å². The van der Waals surface area contributed by atoms with E-state index in [1.54, 1.807) is 12.4 Å². The number of hydrogen-bond acceptors (Lipinski definition) is 5. The number of ether oxygens (including phenoxy) is 1. The van der Waals surface area contributed by atoms with Crippen molar-refractivity contribution < 1.29 is 9.53 Å². The summed E-state index contributed by atoms with van der Waals surface area (Å²) in [4.78, 5) is 22.3. The highest BCUT2D eigenvalue weighted by Crippen LogP contribution is 2.49. The van der Waals surface area contributed by atoms with Crippen LogP contribution in [0.25, 0.3) is 0 Å². The SMILES string of the molecule is CCOCC(=O)N1CCC2(CC1)CC(Nc1ncccn1)C2. The van der Waals surface area contributed by atoms with Crippen molar-refractivity contribution in [2.75, 3.05) is 31.6 Å². The molecule has 0 aromatic carbocycles. The molecule has 120 valence electrons. The highest BCUT2D eigenvalue weighted by atomic mass is 16.5. The van der Waals surface area contributed by atoms with E-state index in [4.69, 9.17) is 4.74 Å². The van der Waals surface area contributed by atoms with Crippen molar-refractivity contribution in [3.63, 3.8) is 0 Å². The molecule has 22 heavy (non-hydrogen) atoms. The molecule has 1 saturated heterocycles. The van der Waals surface area contributed by atoms with Crippen molar-refractivity contribution in [2.24, 2.45) is 5.41 Å². The van der Waals surface area contributed by atoms with Crippen LogP contribution in [0.2, 0.25) is 0 Å². The van der Waals surface area contributed by atoms with Gasteiger partial charge in [-0.3, -0.25) is 4.79 Å². The van der Waals surface area contributed by atoms with E-state index >= 15 is 0 Å². The van der Waals surface area contributed by atoms with Crippen LogP contribution in [0, 0.1) is 5.41 Å². The Morgan fingerprint density at radius 3 is 2.68 bits per heavy atom. The Balaban J connectivity index is 1.42. The molecule has 1 amide bonds.